The Morgan fingerprint density at radius 3 is 2.62 bits per heavy atom. The predicted octanol–water partition coefficient (Wildman–Crippen LogP) is 3.38. The molecular weight excluding hydrogens is 300 g/mol. The van der Waals surface area contributed by atoms with Gasteiger partial charge in [0.25, 0.3) is 0 Å². The summed E-state index contributed by atoms with van der Waals surface area (Å²) in [5.41, 5.74) is 1.28. The van der Waals surface area contributed by atoms with E-state index >= 15 is 0 Å². The lowest BCUT2D eigenvalue weighted by molar-refractivity contribution is 0.414. The lowest BCUT2D eigenvalue weighted by Gasteiger charge is -2.31. The van der Waals surface area contributed by atoms with E-state index in [2.05, 4.69) is 45.3 Å². The highest BCUT2D eigenvalue weighted by molar-refractivity contribution is 5.48. The van der Waals surface area contributed by atoms with E-state index in [1.807, 2.05) is 12.1 Å². The number of methoxy groups -OCH3 is 1. The van der Waals surface area contributed by atoms with Gasteiger partial charge in [-0.25, -0.2) is 9.97 Å². The van der Waals surface area contributed by atoms with Crippen LogP contribution in [0.25, 0.3) is 0 Å². The Balaban J connectivity index is 1.52. The van der Waals surface area contributed by atoms with Crippen LogP contribution in [0.3, 0.4) is 0 Å². The largest absolute Gasteiger partial charge is 0.497 e. The van der Waals surface area contributed by atoms with Crippen molar-refractivity contribution in [2.75, 3.05) is 37.0 Å². The number of anilines is 2. The fourth-order valence-corrected chi connectivity index (χ4v) is 2.98. The van der Waals surface area contributed by atoms with E-state index in [9.17, 15) is 0 Å². The normalized spacial score (nSPS) is 15.3. The second-order valence-corrected chi connectivity index (χ2v) is 6.46. The molecule has 1 saturated heterocycles. The van der Waals surface area contributed by atoms with Gasteiger partial charge in [-0.1, -0.05) is 19.1 Å². The highest BCUT2D eigenvalue weighted by atomic mass is 16.5. The highest BCUT2D eigenvalue weighted by Gasteiger charge is 2.17. The monoisotopic (exact) mass is 326 g/mol. The average molecular weight is 326 g/mol. The summed E-state index contributed by atoms with van der Waals surface area (Å²) in [5.74, 6) is 3.64. The van der Waals surface area contributed by atoms with Crippen molar-refractivity contribution in [1.29, 1.82) is 0 Å². The minimum absolute atomic E-state index is 0.824. The summed E-state index contributed by atoms with van der Waals surface area (Å²) in [6.07, 6.45) is 5.09. The van der Waals surface area contributed by atoms with Gasteiger partial charge in [-0.05, 0) is 42.9 Å². The molecule has 1 aromatic heterocycles. The van der Waals surface area contributed by atoms with Crippen molar-refractivity contribution in [3.8, 4) is 5.75 Å². The Bertz CT molecular complexity index is 636. The number of rotatable bonds is 6. The first kappa shape index (κ1) is 16.6. The molecule has 1 N–H and O–H groups in total. The van der Waals surface area contributed by atoms with Crippen LogP contribution in [0.2, 0.25) is 0 Å². The summed E-state index contributed by atoms with van der Waals surface area (Å²) >= 11 is 0. The van der Waals surface area contributed by atoms with Crippen LogP contribution in [0.5, 0.6) is 5.75 Å². The molecule has 0 aliphatic carbocycles. The van der Waals surface area contributed by atoms with Gasteiger partial charge < -0.3 is 15.0 Å². The quantitative estimate of drug-likeness (QED) is 0.882. The molecule has 0 atom stereocenters. The van der Waals surface area contributed by atoms with Crippen molar-refractivity contribution in [2.45, 2.75) is 26.2 Å². The maximum Gasteiger partial charge on any atom is 0.134 e. The standard InChI is InChI=1S/C19H26N4O/c1-15-8-11-23(12-9-15)19-13-18(21-14-22-19)20-10-7-16-3-5-17(24-2)6-4-16/h3-6,13-15H,7-12H2,1-2H3,(H,20,21,22). The fraction of sp³-hybridized carbons (Fsp3) is 0.474. The lowest BCUT2D eigenvalue weighted by atomic mass is 9.99. The van der Waals surface area contributed by atoms with Crippen LogP contribution in [0.1, 0.15) is 25.3 Å². The summed E-state index contributed by atoms with van der Waals surface area (Å²) in [7, 11) is 1.69. The van der Waals surface area contributed by atoms with E-state index in [0.29, 0.717) is 0 Å². The van der Waals surface area contributed by atoms with Crippen LogP contribution in [-0.4, -0.2) is 36.7 Å². The second-order valence-electron chi connectivity index (χ2n) is 6.46. The second kappa shape index (κ2) is 7.99. The Morgan fingerprint density at radius 2 is 1.92 bits per heavy atom. The van der Waals surface area contributed by atoms with Crippen molar-refractivity contribution in [3.63, 3.8) is 0 Å². The SMILES string of the molecule is COc1ccc(CCNc2cc(N3CCC(C)CC3)ncn2)cc1. The predicted molar refractivity (Wildman–Crippen MR) is 97.8 cm³/mol. The number of benzene rings is 1. The van der Waals surface area contributed by atoms with E-state index in [1.54, 1.807) is 13.4 Å². The summed E-state index contributed by atoms with van der Waals surface area (Å²) < 4.78 is 5.18. The molecule has 2 heterocycles. The average Bonchev–Trinajstić information content (AvgIpc) is 2.63. The maximum absolute atomic E-state index is 5.18. The van der Waals surface area contributed by atoms with Crippen LogP contribution in [-0.2, 0) is 6.42 Å². The van der Waals surface area contributed by atoms with E-state index in [0.717, 1.165) is 49.4 Å². The minimum Gasteiger partial charge on any atom is -0.497 e. The maximum atomic E-state index is 5.18. The van der Waals surface area contributed by atoms with Gasteiger partial charge in [-0.2, -0.15) is 0 Å². The smallest absolute Gasteiger partial charge is 0.134 e. The zero-order chi connectivity index (χ0) is 16.8. The Morgan fingerprint density at radius 1 is 1.17 bits per heavy atom. The third-order valence-corrected chi connectivity index (χ3v) is 4.64. The molecule has 128 valence electrons. The molecule has 0 amide bonds. The molecule has 1 aromatic carbocycles. The number of nitrogens with zero attached hydrogens (tertiary/aromatic N) is 3. The van der Waals surface area contributed by atoms with Crippen molar-refractivity contribution < 1.29 is 4.74 Å². The molecule has 5 heteroatoms. The molecule has 1 aliphatic rings. The van der Waals surface area contributed by atoms with E-state index < -0.39 is 0 Å². The molecule has 1 aliphatic heterocycles. The third-order valence-electron chi connectivity index (χ3n) is 4.64. The first-order valence-corrected chi connectivity index (χ1v) is 8.68. The first-order chi connectivity index (χ1) is 11.7. The topological polar surface area (TPSA) is 50.3 Å². The van der Waals surface area contributed by atoms with Crippen LogP contribution < -0.4 is 15.0 Å². The lowest BCUT2D eigenvalue weighted by Crippen LogP contribution is -2.33. The first-order valence-electron chi connectivity index (χ1n) is 8.68. The van der Waals surface area contributed by atoms with Crippen molar-refractivity contribution >= 4 is 11.6 Å². The fourth-order valence-electron chi connectivity index (χ4n) is 2.98. The van der Waals surface area contributed by atoms with Gasteiger partial charge in [0.2, 0.25) is 0 Å². The Hall–Kier alpha value is -2.30. The van der Waals surface area contributed by atoms with Gasteiger partial charge in [-0.3, -0.25) is 0 Å². The molecule has 0 saturated carbocycles. The molecule has 0 bridgehead atoms. The zero-order valence-electron chi connectivity index (χ0n) is 14.5. The summed E-state index contributed by atoms with van der Waals surface area (Å²) in [4.78, 5) is 11.1. The van der Waals surface area contributed by atoms with Crippen molar-refractivity contribution in [2.24, 2.45) is 5.92 Å². The number of aromatic nitrogens is 2. The van der Waals surface area contributed by atoms with Crippen LogP contribution in [0, 0.1) is 5.92 Å². The van der Waals surface area contributed by atoms with Gasteiger partial charge in [0.15, 0.2) is 0 Å². The molecule has 0 spiro atoms. The van der Waals surface area contributed by atoms with Gasteiger partial charge >= 0.3 is 0 Å². The Kier molecular flexibility index (Phi) is 5.51. The summed E-state index contributed by atoms with van der Waals surface area (Å²) in [5, 5.41) is 3.40. The van der Waals surface area contributed by atoms with E-state index in [-0.39, 0.29) is 0 Å². The van der Waals surface area contributed by atoms with Gasteiger partial charge in [0.05, 0.1) is 7.11 Å². The van der Waals surface area contributed by atoms with Crippen LogP contribution in [0.15, 0.2) is 36.7 Å². The zero-order valence-corrected chi connectivity index (χ0v) is 14.5. The van der Waals surface area contributed by atoms with E-state index in [1.165, 1.54) is 18.4 Å². The number of ether oxygens (including phenoxy) is 1. The summed E-state index contributed by atoms with van der Waals surface area (Å²) in [6.45, 7) is 5.34. The Labute approximate surface area is 144 Å². The molecule has 0 unspecified atom stereocenters. The third kappa shape index (κ3) is 4.37. The molecule has 3 rings (SSSR count). The van der Waals surface area contributed by atoms with E-state index in [4.69, 9.17) is 4.74 Å². The summed E-state index contributed by atoms with van der Waals surface area (Å²) in [6, 6.07) is 10.2. The molecule has 2 aromatic rings. The number of hydrogen-bond donors (Lipinski definition) is 1. The number of nitrogens with one attached hydrogen (secondary N) is 1. The van der Waals surface area contributed by atoms with Gasteiger partial charge in [-0.15, -0.1) is 0 Å². The molecule has 0 radical (unpaired) electrons. The number of piperidine rings is 1. The van der Waals surface area contributed by atoms with Crippen LogP contribution in [0.4, 0.5) is 11.6 Å². The highest BCUT2D eigenvalue weighted by Crippen LogP contribution is 2.22. The van der Waals surface area contributed by atoms with Crippen LogP contribution >= 0.6 is 0 Å². The number of hydrogen-bond acceptors (Lipinski definition) is 5. The van der Waals surface area contributed by atoms with Gasteiger partial charge in [0, 0.05) is 25.7 Å². The van der Waals surface area contributed by atoms with Crippen molar-refractivity contribution in [1.82, 2.24) is 9.97 Å². The molecule has 5 nitrogen and oxygen atoms in total. The molecule has 24 heavy (non-hydrogen) atoms. The molecule has 1 fully saturated rings. The minimum atomic E-state index is 0.824. The van der Waals surface area contributed by atoms with Gasteiger partial charge in [0.1, 0.15) is 23.7 Å². The van der Waals surface area contributed by atoms with Crippen molar-refractivity contribution in [3.05, 3.63) is 42.2 Å². The molecular formula is C19H26N4O.